The Bertz CT molecular complexity index is 1370. The molecule has 3 aromatic rings. The third-order valence-corrected chi connectivity index (χ3v) is 5.26. The van der Waals surface area contributed by atoms with E-state index in [0.717, 1.165) is 12.1 Å². The van der Waals surface area contributed by atoms with Crippen LogP contribution in [-0.2, 0) is 24.1 Å². The number of aryl methyl sites for hydroxylation is 2. The number of nitrogens with zero attached hydrogens (tertiary/aromatic N) is 2. The van der Waals surface area contributed by atoms with Crippen molar-refractivity contribution in [3.05, 3.63) is 98.5 Å². The average molecular weight is 482 g/mol. The van der Waals surface area contributed by atoms with Crippen LogP contribution in [0, 0.1) is 25.2 Å². The topological polar surface area (TPSA) is 104 Å². The van der Waals surface area contributed by atoms with E-state index < -0.39 is 29.1 Å². The van der Waals surface area contributed by atoms with Crippen molar-refractivity contribution in [1.82, 2.24) is 9.88 Å². The molecule has 0 spiro atoms. The maximum atomic E-state index is 12.7. The number of pyridine rings is 1. The molecule has 0 bridgehead atoms. The van der Waals surface area contributed by atoms with Crippen molar-refractivity contribution in [3.8, 4) is 6.07 Å². The molecule has 0 unspecified atom stereocenters. The van der Waals surface area contributed by atoms with Gasteiger partial charge in [-0.3, -0.25) is 14.4 Å². The Morgan fingerprint density at radius 2 is 1.74 bits per heavy atom. The first-order chi connectivity index (χ1) is 16.5. The number of anilines is 1. The van der Waals surface area contributed by atoms with Crippen molar-refractivity contribution < 1.29 is 22.8 Å². The van der Waals surface area contributed by atoms with Gasteiger partial charge in [0.15, 0.2) is 0 Å². The Hall–Kier alpha value is -4.39. The lowest BCUT2D eigenvalue weighted by molar-refractivity contribution is -0.137. The number of nitriles is 1. The molecule has 10 heteroatoms. The molecule has 1 aromatic heterocycles. The van der Waals surface area contributed by atoms with Gasteiger partial charge in [-0.25, -0.2) is 0 Å². The Balaban J connectivity index is 1.65. The average Bonchev–Trinajstić information content (AvgIpc) is 2.80. The van der Waals surface area contributed by atoms with Crippen molar-refractivity contribution in [3.63, 3.8) is 0 Å². The number of halogens is 3. The molecule has 0 radical (unpaired) electrons. The molecule has 2 aromatic carbocycles. The minimum Gasteiger partial charge on any atom is -0.348 e. The summed E-state index contributed by atoms with van der Waals surface area (Å²) in [5, 5.41) is 14.4. The Kier molecular flexibility index (Phi) is 7.40. The standard InChI is InChI=1S/C25H21F3N4O3/c1-15-10-16(2)32(24(35)21(15)12-29)14-22(33)31-20-5-3-4-18(11-20)23(34)30-13-17-6-8-19(9-7-17)25(26,27)28/h3-11H,13-14H2,1-2H3,(H,30,34)(H,31,33). The minimum absolute atomic E-state index is 0.0183. The van der Waals surface area contributed by atoms with Crippen LogP contribution in [0.3, 0.4) is 0 Å². The van der Waals surface area contributed by atoms with E-state index in [2.05, 4.69) is 10.6 Å². The number of carbonyl (C=O) groups excluding carboxylic acids is 2. The summed E-state index contributed by atoms with van der Waals surface area (Å²) >= 11 is 0. The fraction of sp³-hybridized carbons (Fsp3) is 0.200. The van der Waals surface area contributed by atoms with E-state index in [4.69, 9.17) is 0 Å². The maximum absolute atomic E-state index is 12.7. The second-order valence-electron chi connectivity index (χ2n) is 7.85. The summed E-state index contributed by atoms with van der Waals surface area (Å²) in [6.07, 6.45) is -4.43. The third kappa shape index (κ3) is 6.14. The number of hydrogen-bond acceptors (Lipinski definition) is 4. The van der Waals surface area contributed by atoms with Gasteiger partial charge in [-0.1, -0.05) is 18.2 Å². The van der Waals surface area contributed by atoms with Crippen LogP contribution in [0.4, 0.5) is 18.9 Å². The molecule has 1 heterocycles. The first kappa shape index (κ1) is 25.2. The van der Waals surface area contributed by atoms with Gasteiger partial charge in [0.1, 0.15) is 18.2 Å². The summed E-state index contributed by atoms with van der Waals surface area (Å²) < 4.78 is 39.2. The molecule has 3 rings (SSSR count). The van der Waals surface area contributed by atoms with Crippen molar-refractivity contribution in [2.45, 2.75) is 33.1 Å². The van der Waals surface area contributed by atoms with Crippen molar-refractivity contribution >= 4 is 17.5 Å². The van der Waals surface area contributed by atoms with Crippen LogP contribution in [-0.4, -0.2) is 16.4 Å². The number of alkyl halides is 3. The van der Waals surface area contributed by atoms with Crippen LogP contribution in [0.25, 0.3) is 0 Å². The van der Waals surface area contributed by atoms with Crippen LogP contribution < -0.4 is 16.2 Å². The van der Waals surface area contributed by atoms with Gasteiger partial charge in [-0.05, 0) is 61.4 Å². The number of nitrogens with one attached hydrogen (secondary N) is 2. The van der Waals surface area contributed by atoms with Crippen molar-refractivity contribution in [2.75, 3.05) is 5.32 Å². The lowest BCUT2D eigenvalue weighted by Crippen LogP contribution is -2.31. The maximum Gasteiger partial charge on any atom is 0.416 e. The Morgan fingerprint density at radius 1 is 1.06 bits per heavy atom. The highest BCUT2D eigenvalue weighted by molar-refractivity contribution is 5.97. The zero-order chi connectivity index (χ0) is 25.8. The highest BCUT2D eigenvalue weighted by atomic mass is 19.4. The predicted molar refractivity (Wildman–Crippen MR) is 123 cm³/mol. The molecule has 2 N–H and O–H groups in total. The van der Waals surface area contributed by atoms with Gasteiger partial charge in [-0.15, -0.1) is 0 Å². The van der Waals surface area contributed by atoms with E-state index in [1.807, 2.05) is 6.07 Å². The number of amides is 2. The van der Waals surface area contributed by atoms with Crippen LogP contribution in [0.15, 0.2) is 59.4 Å². The zero-order valence-electron chi connectivity index (χ0n) is 18.9. The molecule has 0 aliphatic heterocycles. The molecule has 0 saturated carbocycles. The molecule has 0 aliphatic carbocycles. The van der Waals surface area contributed by atoms with Gasteiger partial charge in [0.05, 0.1) is 5.56 Å². The summed E-state index contributed by atoms with van der Waals surface area (Å²) in [5.41, 5.74) is 0.724. The van der Waals surface area contributed by atoms with E-state index in [1.165, 1.54) is 28.8 Å². The van der Waals surface area contributed by atoms with Crippen LogP contribution in [0.5, 0.6) is 0 Å². The second-order valence-corrected chi connectivity index (χ2v) is 7.85. The second kappa shape index (κ2) is 10.3. The zero-order valence-corrected chi connectivity index (χ0v) is 18.9. The van der Waals surface area contributed by atoms with Gasteiger partial charge in [0, 0.05) is 23.5 Å². The minimum atomic E-state index is -4.43. The quantitative estimate of drug-likeness (QED) is 0.556. The van der Waals surface area contributed by atoms with Crippen LogP contribution >= 0.6 is 0 Å². The van der Waals surface area contributed by atoms with Gasteiger partial charge in [0.25, 0.3) is 11.5 Å². The van der Waals surface area contributed by atoms with Gasteiger partial charge >= 0.3 is 6.18 Å². The van der Waals surface area contributed by atoms with Crippen LogP contribution in [0.1, 0.15) is 38.3 Å². The fourth-order valence-electron chi connectivity index (χ4n) is 3.44. The molecule has 0 aliphatic rings. The van der Waals surface area contributed by atoms with E-state index in [-0.39, 0.29) is 24.2 Å². The van der Waals surface area contributed by atoms with Gasteiger partial charge < -0.3 is 15.2 Å². The SMILES string of the molecule is Cc1cc(C)n(CC(=O)Nc2cccc(C(=O)NCc3ccc(C(F)(F)F)cc3)c2)c(=O)c1C#N. The smallest absolute Gasteiger partial charge is 0.348 e. The summed E-state index contributed by atoms with van der Waals surface area (Å²) in [6.45, 7) is 3.00. The lowest BCUT2D eigenvalue weighted by atomic mass is 10.1. The number of benzene rings is 2. The molecular formula is C25H21F3N4O3. The predicted octanol–water partition coefficient (Wildman–Crippen LogP) is 3.92. The highest BCUT2D eigenvalue weighted by Crippen LogP contribution is 2.29. The Labute approximate surface area is 198 Å². The number of aromatic nitrogens is 1. The highest BCUT2D eigenvalue weighted by Gasteiger charge is 2.29. The molecule has 7 nitrogen and oxygen atoms in total. The number of carbonyl (C=O) groups is 2. The Morgan fingerprint density at radius 3 is 2.37 bits per heavy atom. The van der Waals surface area contributed by atoms with Gasteiger partial charge in [-0.2, -0.15) is 18.4 Å². The third-order valence-electron chi connectivity index (χ3n) is 5.26. The van der Waals surface area contributed by atoms with E-state index in [0.29, 0.717) is 22.5 Å². The first-order valence-electron chi connectivity index (χ1n) is 10.4. The number of rotatable bonds is 6. The van der Waals surface area contributed by atoms with E-state index in [1.54, 1.807) is 32.0 Å². The summed E-state index contributed by atoms with van der Waals surface area (Å²) in [6, 6.07) is 14.0. The van der Waals surface area contributed by atoms with E-state index >= 15 is 0 Å². The van der Waals surface area contributed by atoms with Gasteiger partial charge in [0.2, 0.25) is 5.91 Å². The first-order valence-corrected chi connectivity index (χ1v) is 10.4. The summed E-state index contributed by atoms with van der Waals surface area (Å²) in [5.74, 6) is -1.00. The fourth-order valence-corrected chi connectivity index (χ4v) is 3.44. The molecule has 0 atom stereocenters. The normalized spacial score (nSPS) is 11.0. The molecule has 35 heavy (non-hydrogen) atoms. The van der Waals surface area contributed by atoms with Crippen LogP contribution in [0.2, 0.25) is 0 Å². The molecular weight excluding hydrogens is 461 g/mol. The molecule has 2 amide bonds. The molecule has 0 fully saturated rings. The molecule has 0 saturated heterocycles. The molecule has 180 valence electrons. The number of hydrogen-bond donors (Lipinski definition) is 2. The van der Waals surface area contributed by atoms with Crippen molar-refractivity contribution in [1.29, 1.82) is 5.26 Å². The van der Waals surface area contributed by atoms with E-state index in [9.17, 15) is 32.8 Å². The van der Waals surface area contributed by atoms with Crippen molar-refractivity contribution in [2.24, 2.45) is 0 Å². The summed E-state index contributed by atoms with van der Waals surface area (Å²) in [7, 11) is 0. The monoisotopic (exact) mass is 482 g/mol. The summed E-state index contributed by atoms with van der Waals surface area (Å²) in [4.78, 5) is 37.5. The lowest BCUT2D eigenvalue weighted by Gasteiger charge is -2.13. The largest absolute Gasteiger partial charge is 0.416 e.